The molecule has 0 radical (unpaired) electrons. The number of rotatable bonds is 3. The summed E-state index contributed by atoms with van der Waals surface area (Å²) in [5.41, 5.74) is 0. The van der Waals surface area contributed by atoms with Crippen LogP contribution in [-0.2, 0) is 23.9 Å². The molecule has 7 nitrogen and oxygen atoms in total. The van der Waals surface area contributed by atoms with E-state index in [1.165, 1.54) is 0 Å². The van der Waals surface area contributed by atoms with Gasteiger partial charge in [-0.15, -0.1) is 0 Å². The standard InChI is InChI=1S/C8H11NO6/c1-14-8(13)5(10)2-9-6(11)3-15-4-7(9)12/h5,10H,2-4H2,1H3. The normalized spacial score (nSPS) is 18.9. The third-order valence-electron chi connectivity index (χ3n) is 1.88. The molecule has 0 spiro atoms. The molecule has 0 aromatic rings. The predicted octanol–water partition coefficient (Wildman–Crippen LogP) is -2.09. The van der Waals surface area contributed by atoms with Gasteiger partial charge in [-0.05, 0) is 0 Å². The lowest BCUT2D eigenvalue weighted by atomic mass is 10.3. The second kappa shape index (κ2) is 4.85. The summed E-state index contributed by atoms with van der Waals surface area (Å²) in [6.07, 6.45) is -1.51. The second-order valence-electron chi connectivity index (χ2n) is 2.93. The van der Waals surface area contributed by atoms with Gasteiger partial charge < -0.3 is 14.6 Å². The fraction of sp³-hybridized carbons (Fsp3) is 0.625. The van der Waals surface area contributed by atoms with E-state index in [9.17, 15) is 19.5 Å². The average molecular weight is 217 g/mol. The number of aliphatic hydroxyl groups is 1. The predicted molar refractivity (Wildman–Crippen MR) is 45.6 cm³/mol. The fourth-order valence-corrected chi connectivity index (χ4v) is 1.11. The summed E-state index contributed by atoms with van der Waals surface area (Å²) in [7, 11) is 1.11. The van der Waals surface area contributed by atoms with Crippen LogP contribution >= 0.6 is 0 Å². The largest absolute Gasteiger partial charge is 0.467 e. The summed E-state index contributed by atoms with van der Waals surface area (Å²) in [5.74, 6) is -2.04. The van der Waals surface area contributed by atoms with Gasteiger partial charge in [0, 0.05) is 0 Å². The Labute approximate surface area is 85.6 Å². The van der Waals surface area contributed by atoms with Crippen LogP contribution in [0.1, 0.15) is 0 Å². The first-order valence-electron chi connectivity index (χ1n) is 4.23. The van der Waals surface area contributed by atoms with Crippen LogP contribution in [0.5, 0.6) is 0 Å². The van der Waals surface area contributed by atoms with Gasteiger partial charge in [0.25, 0.3) is 11.8 Å². The van der Waals surface area contributed by atoms with Gasteiger partial charge in [0.05, 0.1) is 13.7 Å². The van der Waals surface area contributed by atoms with E-state index in [0.717, 1.165) is 12.0 Å². The van der Waals surface area contributed by atoms with Gasteiger partial charge in [-0.2, -0.15) is 0 Å². The first kappa shape index (κ1) is 11.6. The number of aliphatic hydroxyl groups excluding tert-OH is 1. The molecule has 84 valence electrons. The highest BCUT2D eigenvalue weighted by Gasteiger charge is 2.30. The van der Waals surface area contributed by atoms with Crippen LogP contribution in [-0.4, -0.2) is 60.8 Å². The van der Waals surface area contributed by atoms with E-state index in [-0.39, 0.29) is 13.2 Å². The zero-order valence-electron chi connectivity index (χ0n) is 8.13. The van der Waals surface area contributed by atoms with Crippen molar-refractivity contribution in [1.82, 2.24) is 4.90 Å². The van der Waals surface area contributed by atoms with Crippen LogP contribution in [0, 0.1) is 0 Å². The fourth-order valence-electron chi connectivity index (χ4n) is 1.11. The van der Waals surface area contributed by atoms with Crippen LogP contribution in [0.25, 0.3) is 0 Å². The van der Waals surface area contributed by atoms with E-state index in [1.54, 1.807) is 0 Å². The van der Waals surface area contributed by atoms with E-state index < -0.39 is 30.4 Å². The van der Waals surface area contributed by atoms with Gasteiger partial charge >= 0.3 is 5.97 Å². The zero-order valence-corrected chi connectivity index (χ0v) is 8.13. The molecule has 0 saturated carbocycles. The number of ether oxygens (including phenoxy) is 2. The minimum Gasteiger partial charge on any atom is -0.467 e. The molecule has 1 saturated heterocycles. The van der Waals surface area contributed by atoms with E-state index in [0.29, 0.717) is 0 Å². The number of methoxy groups -OCH3 is 1. The molecular formula is C8H11NO6. The van der Waals surface area contributed by atoms with Crippen molar-refractivity contribution in [3.63, 3.8) is 0 Å². The maximum absolute atomic E-state index is 11.2. The van der Waals surface area contributed by atoms with Crippen LogP contribution in [0.4, 0.5) is 0 Å². The molecule has 1 rings (SSSR count). The minimum absolute atomic E-state index is 0.223. The highest BCUT2D eigenvalue weighted by Crippen LogP contribution is 2.03. The molecule has 0 aliphatic carbocycles. The summed E-state index contributed by atoms with van der Waals surface area (Å²) < 4.78 is 8.91. The highest BCUT2D eigenvalue weighted by molar-refractivity contribution is 5.98. The first-order chi connectivity index (χ1) is 7.06. The van der Waals surface area contributed by atoms with Crippen molar-refractivity contribution in [3.05, 3.63) is 0 Å². The van der Waals surface area contributed by atoms with E-state index in [2.05, 4.69) is 9.47 Å². The number of amides is 2. The lowest BCUT2D eigenvalue weighted by Crippen LogP contribution is -2.50. The molecule has 0 aromatic heterocycles. The Balaban J connectivity index is 2.58. The van der Waals surface area contributed by atoms with Crippen molar-refractivity contribution in [3.8, 4) is 0 Å². The molecular weight excluding hydrogens is 206 g/mol. The maximum atomic E-state index is 11.2. The molecule has 1 aliphatic rings. The number of hydrogen-bond acceptors (Lipinski definition) is 6. The molecule has 15 heavy (non-hydrogen) atoms. The number of β-amino-alcohol motifs (C(OH)–C–C–N with tert-alkyl or cyclic N) is 1. The minimum atomic E-state index is -1.51. The molecule has 0 bridgehead atoms. The van der Waals surface area contributed by atoms with Crippen LogP contribution in [0.15, 0.2) is 0 Å². The zero-order chi connectivity index (χ0) is 11.4. The summed E-state index contributed by atoms with van der Waals surface area (Å²) in [6, 6.07) is 0. The Hall–Kier alpha value is -1.47. The van der Waals surface area contributed by atoms with Gasteiger partial charge in [0.2, 0.25) is 0 Å². The number of imide groups is 1. The second-order valence-corrected chi connectivity index (χ2v) is 2.93. The van der Waals surface area contributed by atoms with Crippen molar-refractivity contribution in [1.29, 1.82) is 0 Å². The van der Waals surface area contributed by atoms with Gasteiger partial charge in [0.1, 0.15) is 13.2 Å². The van der Waals surface area contributed by atoms with Crippen molar-refractivity contribution in [2.45, 2.75) is 6.10 Å². The Kier molecular flexibility index (Phi) is 3.75. The van der Waals surface area contributed by atoms with Crippen LogP contribution in [0.3, 0.4) is 0 Å². The molecule has 1 fully saturated rings. The third-order valence-corrected chi connectivity index (χ3v) is 1.88. The number of esters is 1. The number of morpholine rings is 1. The first-order valence-corrected chi connectivity index (χ1v) is 4.23. The maximum Gasteiger partial charge on any atom is 0.336 e. The SMILES string of the molecule is COC(=O)C(O)CN1C(=O)COCC1=O. The topological polar surface area (TPSA) is 93.1 Å². The van der Waals surface area contributed by atoms with E-state index >= 15 is 0 Å². The molecule has 1 unspecified atom stereocenters. The number of nitrogens with zero attached hydrogens (tertiary/aromatic N) is 1. The molecule has 2 amide bonds. The summed E-state index contributed by atoms with van der Waals surface area (Å²) in [6.45, 7) is -0.840. The van der Waals surface area contributed by atoms with Crippen LogP contribution in [0.2, 0.25) is 0 Å². The Morgan fingerprint density at radius 3 is 2.53 bits per heavy atom. The Morgan fingerprint density at radius 2 is 2.07 bits per heavy atom. The van der Waals surface area contributed by atoms with Crippen molar-refractivity contribution < 1.29 is 29.0 Å². The van der Waals surface area contributed by atoms with Gasteiger partial charge in [-0.1, -0.05) is 0 Å². The van der Waals surface area contributed by atoms with Gasteiger partial charge in [-0.3, -0.25) is 14.5 Å². The third kappa shape index (κ3) is 2.74. The highest BCUT2D eigenvalue weighted by atomic mass is 16.5. The molecule has 7 heteroatoms. The van der Waals surface area contributed by atoms with Gasteiger partial charge in [0.15, 0.2) is 6.10 Å². The molecule has 0 aromatic carbocycles. The van der Waals surface area contributed by atoms with E-state index in [1.807, 2.05) is 0 Å². The van der Waals surface area contributed by atoms with Crippen molar-refractivity contribution >= 4 is 17.8 Å². The monoisotopic (exact) mass is 217 g/mol. The molecule has 1 N–H and O–H groups in total. The number of carbonyl (C=O) groups is 3. The lowest BCUT2D eigenvalue weighted by molar-refractivity contribution is -0.163. The quantitative estimate of drug-likeness (QED) is 0.430. The number of carbonyl (C=O) groups excluding carboxylic acids is 3. The average Bonchev–Trinajstić information content (AvgIpc) is 2.22. The van der Waals surface area contributed by atoms with Crippen molar-refractivity contribution in [2.75, 3.05) is 26.9 Å². The van der Waals surface area contributed by atoms with E-state index in [4.69, 9.17) is 0 Å². The van der Waals surface area contributed by atoms with Crippen molar-refractivity contribution in [2.24, 2.45) is 0 Å². The Morgan fingerprint density at radius 1 is 1.53 bits per heavy atom. The summed E-state index contributed by atoms with van der Waals surface area (Å²) in [4.78, 5) is 34.0. The molecule has 1 atom stereocenters. The van der Waals surface area contributed by atoms with Gasteiger partial charge in [-0.25, -0.2) is 4.79 Å². The summed E-state index contributed by atoms with van der Waals surface area (Å²) in [5, 5.41) is 9.24. The molecule has 1 aliphatic heterocycles. The summed E-state index contributed by atoms with van der Waals surface area (Å²) >= 11 is 0. The number of hydrogen-bond donors (Lipinski definition) is 1. The smallest absolute Gasteiger partial charge is 0.336 e. The van der Waals surface area contributed by atoms with Crippen LogP contribution < -0.4 is 0 Å². The lowest BCUT2D eigenvalue weighted by Gasteiger charge is -2.25. The Bertz CT molecular complexity index is 273. The molecule has 1 heterocycles.